The second-order valence-corrected chi connectivity index (χ2v) is 4.39. The fourth-order valence-electron chi connectivity index (χ4n) is 2.09. The summed E-state index contributed by atoms with van der Waals surface area (Å²) in [4.78, 5) is 25.0. The van der Waals surface area contributed by atoms with Crippen LogP contribution in [-0.4, -0.2) is 33.1 Å². The summed E-state index contributed by atoms with van der Waals surface area (Å²) >= 11 is 0. The molecular formula is C14H16N4O2. The van der Waals surface area contributed by atoms with Gasteiger partial charge in [0.25, 0.3) is 0 Å². The smallest absolute Gasteiger partial charge is 0.356 e. The zero-order valence-electron chi connectivity index (χ0n) is 11.4. The molecule has 1 atom stereocenters. The molecule has 1 unspecified atom stereocenters. The van der Waals surface area contributed by atoms with Crippen LogP contribution in [0.4, 0.5) is 5.82 Å². The number of nitrogens with zero attached hydrogens (tertiary/aromatic N) is 4. The first-order valence-electron chi connectivity index (χ1n) is 6.31. The van der Waals surface area contributed by atoms with Crippen molar-refractivity contribution in [1.29, 1.82) is 0 Å². The molecule has 0 aliphatic heterocycles. The van der Waals surface area contributed by atoms with Crippen LogP contribution in [0.1, 0.15) is 35.4 Å². The summed E-state index contributed by atoms with van der Waals surface area (Å²) in [5, 5.41) is 8.97. The van der Waals surface area contributed by atoms with Gasteiger partial charge in [-0.05, 0) is 18.1 Å². The minimum atomic E-state index is -1.08. The normalized spacial score (nSPS) is 11.9. The Balaban J connectivity index is 2.31. The van der Waals surface area contributed by atoms with Gasteiger partial charge in [-0.3, -0.25) is 9.97 Å². The molecule has 2 aromatic heterocycles. The average molecular weight is 272 g/mol. The molecule has 0 aliphatic carbocycles. The highest BCUT2D eigenvalue weighted by Crippen LogP contribution is 2.25. The monoisotopic (exact) mass is 272 g/mol. The number of rotatable bonds is 5. The van der Waals surface area contributed by atoms with Crippen molar-refractivity contribution in [2.45, 2.75) is 19.4 Å². The van der Waals surface area contributed by atoms with E-state index in [2.05, 4.69) is 21.9 Å². The molecule has 2 rings (SSSR count). The Morgan fingerprint density at radius 2 is 2.15 bits per heavy atom. The Labute approximate surface area is 117 Å². The predicted molar refractivity (Wildman–Crippen MR) is 74.7 cm³/mol. The van der Waals surface area contributed by atoms with Gasteiger partial charge in [0.2, 0.25) is 0 Å². The molecule has 1 N–H and O–H groups in total. The van der Waals surface area contributed by atoms with Gasteiger partial charge in [0.05, 0.1) is 18.4 Å². The van der Waals surface area contributed by atoms with Gasteiger partial charge in [0.1, 0.15) is 5.82 Å². The van der Waals surface area contributed by atoms with Crippen LogP contribution in [-0.2, 0) is 0 Å². The van der Waals surface area contributed by atoms with Gasteiger partial charge in [-0.1, -0.05) is 13.0 Å². The third-order valence-electron chi connectivity index (χ3n) is 3.13. The Kier molecular flexibility index (Phi) is 4.24. The second-order valence-electron chi connectivity index (χ2n) is 4.39. The lowest BCUT2D eigenvalue weighted by molar-refractivity contribution is 0.0690. The van der Waals surface area contributed by atoms with Gasteiger partial charge in [0.15, 0.2) is 5.69 Å². The zero-order chi connectivity index (χ0) is 14.5. The Morgan fingerprint density at radius 3 is 2.75 bits per heavy atom. The molecule has 6 heteroatoms. The lowest BCUT2D eigenvalue weighted by Gasteiger charge is -2.28. The topological polar surface area (TPSA) is 79.2 Å². The Hall–Kier alpha value is -2.50. The average Bonchev–Trinajstić information content (AvgIpc) is 2.49. The minimum Gasteiger partial charge on any atom is -0.476 e. The van der Waals surface area contributed by atoms with Gasteiger partial charge in [-0.15, -0.1) is 0 Å². The van der Waals surface area contributed by atoms with Crippen molar-refractivity contribution < 1.29 is 9.90 Å². The predicted octanol–water partition coefficient (Wildman–Crippen LogP) is 2.16. The number of hydrogen-bond donors (Lipinski definition) is 1. The SMILES string of the molecule is CCC(c1cccnc1)N(C)c1cncc(C(=O)O)n1. The summed E-state index contributed by atoms with van der Waals surface area (Å²) in [5.41, 5.74) is 0.996. The molecule has 0 aliphatic rings. The van der Waals surface area contributed by atoms with E-state index < -0.39 is 5.97 Å². The van der Waals surface area contributed by atoms with Gasteiger partial charge < -0.3 is 10.0 Å². The first kappa shape index (κ1) is 13.9. The molecule has 6 nitrogen and oxygen atoms in total. The second kappa shape index (κ2) is 6.10. The van der Waals surface area contributed by atoms with Gasteiger partial charge in [-0.25, -0.2) is 9.78 Å². The van der Waals surface area contributed by atoms with E-state index >= 15 is 0 Å². The number of carboxylic acid groups (broad SMARTS) is 1. The van der Waals surface area contributed by atoms with E-state index in [0.717, 1.165) is 12.0 Å². The minimum absolute atomic E-state index is 0.0598. The van der Waals surface area contributed by atoms with E-state index in [0.29, 0.717) is 5.82 Å². The standard InChI is InChI=1S/C14H16N4O2/c1-3-12(10-5-4-6-15-7-10)18(2)13-9-16-8-11(17-13)14(19)20/h4-9,12H,3H2,1-2H3,(H,19,20). The molecule has 20 heavy (non-hydrogen) atoms. The molecule has 2 heterocycles. The number of hydrogen-bond acceptors (Lipinski definition) is 5. The quantitative estimate of drug-likeness (QED) is 0.898. The van der Waals surface area contributed by atoms with E-state index in [1.807, 2.05) is 24.1 Å². The molecule has 0 spiro atoms. The van der Waals surface area contributed by atoms with Crippen LogP contribution >= 0.6 is 0 Å². The largest absolute Gasteiger partial charge is 0.476 e. The molecule has 0 bridgehead atoms. The fourth-order valence-corrected chi connectivity index (χ4v) is 2.09. The first-order valence-corrected chi connectivity index (χ1v) is 6.31. The van der Waals surface area contributed by atoms with Crippen LogP contribution in [0.25, 0.3) is 0 Å². The highest BCUT2D eigenvalue weighted by atomic mass is 16.4. The van der Waals surface area contributed by atoms with E-state index in [1.165, 1.54) is 6.20 Å². The summed E-state index contributed by atoms with van der Waals surface area (Å²) < 4.78 is 0. The fraction of sp³-hybridized carbons (Fsp3) is 0.286. The van der Waals surface area contributed by atoms with E-state index in [9.17, 15) is 4.79 Å². The maximum Gasteiger partial charge on any atom is 0.356 e. The molecule has 2 aromatic rings. The van der Waals surface area contributed by atoms with E-state index in [1.54, 1.807) is 18.6 Å². The maximum absolute atomic E-state index is 11.0. The Morgan fingerprint density at radius 1 is 1.35 bits per heavy atom. The number of anilines is 1. The summed E-state index contributed by atoms with van der Waals surface area (Å²) in [6.45, 7) is 2.06. The molecule has 0 saturated carbocycles. The van der Waals surface area contributed by atoms with Crippen molar-refractivity contribution >= 4 is 11.8 Å². The van der Waals surface area contributed by atoms with Crippen LogP contribution in [0.3, 0.4) is 0 Å². The van der Waals surface area contributed by atoms with Gasteiger partial charge in [0, 0.05) is 19.4 Å². The van der Waals surface area contributed by atoms with E-state index in [-0.39, 0.29) is 11.7 Å². The Bertz CT molecular complexity index is 589. The van der Waals surface area contributed by atoms with Gasteiger partial charge >= 0.3 is 5.97 Å². The molecular weight excluding hydrogens is 256 g/mol. The molecule has 0 fully saturated rings. The van der Waals surface area contributed by atoms with Crippen molar-refractivity contribution in [2.24, 2.45) is 0 Å². The van der Waals surface area contributed by atoms with Crippen molar-refractivity contribution in [3.05, 3.63) is 48.2 Å². The van der Waals surface area contributed by atoms with Crippen LogP contribution in [0.2, 0.25) is 0 Å². The summed E-state index contributed by atoms with van der Waals surface area (Å²) in [6, 6.07) is 3.94. The van der Waals surface area contributed by atoms with Crippen molar-refractivity contribution in [3.8, 4) is 0 Å². The van der Waals surface area contributed by atoms with Crippen molar-refractivity contribution in [3.63, 3.8) is 0 Å². The zero-order valence-corrected chi connectivity index (χ0v) is 11.4. The highest BCUT2D eigenvalue weighted by molar-refractivity contribution is 5.85. The van der Waals surface area contributed by atoms with Crippen LogP contribution in [0.15, 0.2) is 36.9 Å². The molecule has 0 aromatic carbocycles. The summed E-state index contributed by atoms with van der Waals surface area (Å²) in [5.74, 6) is -0.553. The van der Waals surface area contributed by atoms with Crippen molar-refractivity contribution in [2.75, 3.05) is 11.9 Å². The third kappa shape index (κ3) is 2.90. The maximum atomic E-state index is 11.0. The molecule has 0 amide bonds. The highest BCUT2D eigenvalue weighted by Gasteiger charge is 2.18. The number of aromatic carboxylic acids is 1. The van der Waals surface area contributed by atoms with Crippen LogP contribution < -0.4 is 4.90 Å². The number of aromatic nitrogens is 3. The lowest BCUT2D eigenvalue weighted by Crippen LogP contribution is -2.25. The lowest BCUT2D eigenvalue weighted by atomic mass is 10.1. The molecule has 0 saturated heterocycles. The molecule has 104 valence electrons. The van der Waals surface area contributed by atoms with Gasteiger partial charge in [-0.2, -0.15) is 0 Å². The summed E-state index contributed by atoms with van der Waals surface area (Å²) in [7, 11) is 1.87. The molecule has 0 radical (unpaired) electrons. The van der Waals surface area contributed by atoms with Crippen molar-refractivity contribution in [1.82, 2.24) is 15.0 Å². The van der Waals surface area contributed by atoms with E-state index in [4.69, 9.17) is 5.11 Å². The number of pyridine rings is 1. The number of carboxylic acids is 1. The number of carbonyl (C=O) groups is 1. The summed E-state index contributed by atoms with van der Waals surface area (Å²) in [6.07, 6.45) is 7.18. The first-order chi connectivity index (χ1) is 9.63. The van der Waals surface area contributed by atoms with Crippen LogP contribution in [0.5, 0.6) is 0 Å². The van der Waals surface area contributed by atoms with Crippen LogP contribution in [0, 0.1) is 0 Å². The third-order valence-corrected chi connectivity index (χ3v) is 3.13.